The summed E-state index contributed by atoms with van der Waals surface area (Å²) >= 11 is 0. The van der Waals surface area contributed by atoms with Crippen LogP contribution in [0.2, 0.25) is 0 Å². The Balaban J connectivity index is 1.77. The Hall–Kier alpha value is -2.16. The van der Waals surface area contributed by atoms with Crippen LogP contribution >= 0.6 is 0 Å². The van der Waals surface area contributed by atoms with Gasteiger partial charge in [0.2, 0.25) is 0 Å². The highest BCUT2D eigenvalue weighted by molar-refractivity contribution is 5.50. The van der Waals surface area contributed by atoms with Gasteiger partial charge in [-0.05, 0) is 26.3 Å². The van der Waals surface area contributed by atoms with Crippen LogP contribution in [0.25, 0.3) is 0 Å². The van der Waals surface area contributed by atoms with Gasteiger partial charge in [-0.15, -0.1) is 0 Å². The Labute approximate surface area is 147 Å². The molecule has 0 aromatic carbocycles. The van der Waals surface area contributed by atoms with E-state index in [0.29, 0.717) is 17.5 Å². The van der Waals surface area contributed by atoms with Crippen molar-refractivity contribution in [2.24, 2.45) is 0 Å². The first-order chi connectivity index (χ1) is 12.2. The Kier molecular flexibility index (Phi) is 5.85. The zero-order valence-corrected chi connectivity index (χ0v) is 14.3. The van der Waals surface area contributed by atoms with E-state index < -0.39 is 0 Å². The fourth-order valence-corrected chi connectivity index (χ4v) is 3.23. The van der Waals surface area contributed by atoms with Crippen molar-refractivity contribution >= 4 is 11.6 Å². The number of aryl methyl sites for hydroxylation is 1. The van der Waals surface area contributed by atoms with Crippen LogP contribution in [0.4, 0.5) is 11.6 Å². The summed E-state index contributed by atoms with van der Waals surface area (Å²) in [6.45, 7) is 3.46. The molecule has 1 atom stereocenters. The number of rotatable bonds is 6. The van der Waals surface area contributed by atoms with Crippen LogP contribution in [0.5, 0.6) is 0 Å². The Morgan fingerprint density at radius 3 is 2.80 bits per heavy atom. The average Bonchev–Trinajstić information content (AvgIpc) is 2.63. The van der Waals surface area contributed by atoms with Gasteiger partial charge in [0.15, 0.2) is 0 Å². The van der Waals surface area contributed by atoms with Crippen LogP contribution in [-0.2, 0) is 0 Å². The minimum Gasteiger partial charge on any atom is -0.395 e. The summed E-state index contributed by atoms with van der Waals surface area (Å²) in [7, 11) is 0. The molecule has 3 rings (SSSR count). The average molecular weight is 344 g/mol. The van der Waals surface area contributed by atoms with Crippen molar-refractivity contribution in [2.45, 2.75) is 31.7 Å². The van der Waals surface area contributed by atoms with Gasteiger partial charge in [-0.25, -0.2) is 15.0 Å². The lowest BCUT2D eigenvalue weighted by Crippen LogP contribution is -2.45. The topological polar surface area (TPSA) is 107 Å². The molecule has 0 bridgehead atoms. The molecule has 3 N–H and O–H groups in total. The molecule has 1 fully saturated rings. The molecule has 2 aromatic rings. The van der Waals surface area contributed by atoms with Gasteiger partial charge in [-0.2, -0.15) is 0 Å². The third kappa shape index (κ3) is 4.47. The van der Waals surface area contributed by atoms with Crippen molar-refractivity contribution in [3.63, 3.8) is 0 Å². The molecule has 8 nitrogen and oxygen atoms in total. The summed E-state index contributed by atoms with van der Waals surface area (Å²) in [6, 6.07) is 1.74. The van der Waals surface area contributed by atoms with E-state index in [9.17, 15) is 10.2 Å². The highest BCUT2D eigenvalue weighted by Gasteiger charge is 2.27. The summed E-state index contributed by atoms with van der Waals surface area (Å²) in [5.74, 6) is 2.28. The van der Waals surface area contributed by atoms with Gasteiger partial charge in [-0.3, -0.25) is 9.88 Å². The van der Waals surface area contributed by atoms with Crippen LogP contribution < -0.4 is 5.32 Å². The lowest BCUT2D eigenvalue weighted by Gasteiger charge is -2.36. The van der Waals surface area contributed by atoms with Gasteiger partial charge < -0.3 is 15.5 Å². The first-order valence-corrected chi connectivity index (χ1v) is 8.54. The maximum atomic E-state index is 9.44. The highest BCUT2D eigenvalue weighted by atomic mass is 16.3. The number of aromatic nitrogens is 4. The Morgan fingerprint density at radius 1 is 1.24 bits per heavy atom. The number of nitrogens with zero attached hydrogens (tertiary/aromatic N) is 5. The van der Waals surface area contributed by atoms with Gasteiger partial charge in [-0.1, -0.05) is 0 Å². The van der Waals surface area contributed by atoms with Crippen molar-refractivity contribution in [3.05, 3.63) is 36.2 Å². The number of piperidine rings is 1. The molecule has 8 heteroatoms. The summed E-state index contributed by atoms with van der Waals surface area (Å²) in [4.78, 5) is 19.4. The normalized spacial score (nSPS) is 18.5. The zero-order chi connectivity index (χ0) is 17.6. The molecule has 134 valence electrons. The number of likely N-dealkylation sites (tertiary alicyclic amines) is 1. The summed E-state index contributed by atoms with van der Waals surface area (Å²) in [5, 5.41) is 22.0. The first kappa shape index (κ1) is 17.7. The monoisotopic (exact) mass is 344 g/mol. The molecule has 1 aliphatic heterocycles. The fourth-order valence-electron chi connectivity index (χ4n) is 3.23. The predicted octanol–water partition coefficient (Wildman–Crippen LogP) is 0.851. The molecule has 0 unspecified atom stereocenters. The van der Waals surface area contributed by atoms with Crippen molar-refractivity contribution in [1.29, 1.82) is 0 Å². The van der Waals surface area contributed by atoms with Crippen LogP contribution in [-0.4, -0.2) is 67.4 Å². The number of hydrogen-bond acceptors (Lipinski definition) is 8. The number of hydrogen-bond donors (Lipinski definition) is 3. The molecule has 0 saturated carbocycles. The lowest BCUT2D eigenvalue weighted by molar-refractivity contribution is 0.0545. The van der Waals surface area contributed by atoms with Crippen LogP contribution in [0.3, 0.4) is 0 Å². The van der Waals surface area contributed by atoms with Crippen molar-refractivity contribution in [2.75, 3.05) is 31.6 Å². The Bertz CT molecular complexity index is 680. The number of aliphatic hydroxyl groups excluding tert-OH is 2. The summed E-state index contributed by atoms with van der Waals surface area (Å²) in [6.07, 6.45) is 6.93. The quantitative estimate of drug-likeness (QED) is 0.708. The largest absolute Gasteiger partial charge is 0.395 e. The van der Waals surface area contributed by atoms with E-state index in [1.54, 1.807) is 18.6 Å². The van der Waals surface area contributed by atoms with Gasteiger partial charge in [0.05, 0.1) is 31.1 Å². The zero-order valence-electron chi connectivity index (χ0n) is 14.3. The van der Waals surface area contributed by atoms with Crippen molar-refractivity contribution in [1.82, 2.24) is 24.8 Å². The predicted molar refractivity (Wildman–Crippen MR) is 93.6 cm³/mol. The van der Waals surface area contributed by atoms with E-state index in [1.165, 1.54) is 0 Å². The van der Waals surface area contributed by atoms with Crippen molar-refractivity contribution < 1.29 is 10.2 Å². The molecule has 3 heterocycles. The summed E-state index contributed by atoms with van der Waals surface area (Å²) in [5.41, 5.74) is 0.971. The van der Waals surface area contributed by atoms with Crippen molar-refractivity contribution in [3.8, 4) is 0 Å². The van der Waals surface area contributed by atoms with E-state index >= 15 is 0 Å². The maximum absolute atomic E-state index is 9.44. The van der Waals surface area contributed by atoms with E-state index in [4.69, 9.17) is 0 Å². The summed E-state index contributed by atoms with van der Waals surface area (Å²) < 4.78 is 0. The van der Waals surface area contributed by atoms with E-state index in [0.717, 1.165) is 31.6 Å². The van der Waals surface area contributed by atoms with Gasteiger partial charge in [0, 0.05) is 30.9 Å². The fraction of sp³-hybridized carbons (Fsp3) is 0.529. The smallest absolute Gasteiger partial charge is 0.150 e. The number of aliphatic hydroxyl groups is 2. The van der Waals surface area contributed by atoms with Crippen LogP contribution in [0.15, 0.2) is 24.7 Å². The lowest BCUT2D eigenvalue weighted by atomic mass is 9.93. The first-order valence-electron chi connectivity index (χ1n) is 8.54. The molecular formula is C17H24N6O2. The van der Waals surface area contributed by atoms with E-state index in [2.05, 4.69) is 30.2 Å². The molecule has 0 amide bonds. The van der Waals surface area contributed by atoms with Crippen LogP contribution in [0, 0.1) is 6.92 Å². The molecular weight excluding hydrogens is 320 g/mol. The SMILES string of the molecule is Cc1nc(Nc2cnccn2)cc([C@@H]2CCCN(C(CO)CO)C2)n1. The number of nitrogens with one attached hydrogen (secondary N) is 1. The minimum atomic E-state index is -0.206. The second-order valence-electron chi connectivity index (χ2n) is 6.29. The molecule has 1 saturated heterocycles. The van der Waals surface area contributed by atoms with E-state index in [-0.39, 0.29) is 25.2 Å². The highest BCUT2D eigenvalue weighted by Crippen LogP contribution is 2.28. The maximum Gasteiger partial charge on any atom is 0.150 e. The Morgan fingerprint density at radius 2 is 2.08 bits per heavy atom. The molecule has 1 aliphatic rings. The molecule has 2 aromatic heterocycles. The van der Waals surface area contributed by atoms with Gasteiger partial charge >= 0.3 is 0 Å². The molecule has 25 heavy (non-hydrogen) atoms. The van der Waals surface area contributed by atoms with Gasteiger partial charge in [0.1, 0.15) is 17.5 Å². The third-order valence-electron chi connectivity index (χ3n) is 4.49. The minimum absolute atomic E-state index is 0.0362. The van der Waals surface area contributed by atoms with Crippen LogP contribution in [0.1, 0.15) is 30.3 Å². The molecule has 0 spiro atoms. The number of anilines is 2. The second kappa shape index (κ2) is 8.28. The van der Waals surface area contributed by atoms with Gasteiger partial charge in [0.25, 0.3) is 0 Å². The molecule has 0 radical (unpaired) electrons. The van der Waals surface area contributed by atoms with E-state index in [1.807, 2.05) is 13.0 Å². The standard InChI is InChI=1S/C17H24N6O2/c1-12-20-15(7-16(21-12)22-17-8-18-4-5-19-17)13-3-2-6-23(9-13)14(10-24)11-25/h4-5,7-8,13-14,24-25H,2-3,6,9-11H2,1H3,(H,19,20,21,22)/t13-/m1/s1. The molecule has 0 aliphatic carbocycles. The second-order valence-corrected chi connectivity index (χ2v) is 6.29. The third-order valence-corrected chi connectivity index (χ3v) is 4.49.